The van der Waals surface area contributed by atoms with Crippen LogP contribution in [0.15, 0.2) is 152 Å². The van der Waals surface area contributed by atoms with Crippen LogP contribution in [0.5, 0.6) is 0 Å². The Morgan fingerprint density at radius 3 is 1.98 bits per heavy atom. The molecule has 0 N–H and O–H groups in total. The van der Waals surface area contributed by atoms with Gasteiger partial charge in [0.1, 0.15) is 5.82 Å². The van der Waals surface area contributed by atoms with Crippen molar-refractivity contribution in [2.24, 2.45) is 0 Å². The fourth-order valence-corrected chi connectivity index (χ4v) is 6.73. The molecule has 0 saturated heterocycles. The summed E-state index contributed by atoms with van der Waals surface area (Å²) in [6, 6.07) is 49.8. The first-order chi connectivity index (χ1) is 20.9. The van der Waals surface area contributed by atoms with E-state index in [2.05, 4.69) is 155 Å². The smallest absolute Gasteiger partial charge is 0.145 e. The van der Waals surface area contributed by atoms with Gasteiger partial charge in [0.05, 0.1) is 16.6 Å². The maximum atomic E-state index is 5.18. The SMILES string of the molecule is c1ccc(-c2cnc(-n3c4ccccc4c4c5c(ccc6ccn(-c7ccccc7)c65)ccc43)c3ccccc23)cc1. The van der Waals surface area contributed by atoms with Gasteiger partial charge in [0, 0.05) is 50.6 Å². The van der Waals surface area contributed by atoms with Crippen LogP contribution in [0.3, 0.4) is 0 Å². The fourth-order valence-electron chi connectivity index (χ4n) is 6.73. The predicted molar refractivity (Wildman–Crippen MR) is 176 cm³/mol. The molecule has 6 aromatic carbocycles. The molecular weight excluding hydrogens is 510 g/mol. The molecule has 0 aliphatic rings. The molecule has 3 heteroatoms. The van der Waals surface area contributed by atoms with E-state index in [1.165, 1.54) is 43.4 Å². The lowest BCUT2D eigenvalue weighted by Gasteiger charge is -2.14. The standard InChI is InChI=1S/C39H25N3/c1-3-11-26(12-4-1)33-25-40-39(31-16-8-7-15-30(31)33)42-34-18-10-9-17-32(34)37-35(42)22-21-27-19-20-28-23-24-41(38(28)36(27)37)29-13-5-2-6-14-29/h1-25H. The van der Waals surface area contributed by atoms with Gasteiger partial charge < -0.3 is 4.57 Å². The molecule has 0 spiro atoms. The van der Waals surface area contributed by atoms with Crippen LogP contribution in [0.4, 0.5) is 0 Å². The minimum Gasteiger partial charge on any atom is -0.316 e. The highest BCUT2D eigenvalue weighted by Crippen LogP contribution is 2.42. The average molecular weight is 536 g/mol. The Hall–Kier alpha value is -5.67. The number of nitrogens with zero attached hydrogens (tertiary/aromatic N) is 3. The summed E-state index contributed by atoms with van der Waals surface area (Å²) < 4.78 is 4.68. The molecule has 0 saturated carbocycles. The van der Waals surface area contributed by atoms with Crippen LogP contribution >= 0.6 is 0 Å². The quantitative estimate of drug-likeness (QED) is 0.221. The van der Waals surface area contributed by atoms with Crippen LogP contribution in [0, 0.1) is 0 Å². The third-order valence-electron chi connectivity index (χ3n) is 8.57. The molecule has 196 valence electrons. The van der Waals surface area contributed by atoms with Crippen LogP contribution in [0.2, 0.25) is 0 Å². The molecule has 3 aromatic heterocycles. The van der Waals surface area contributed by atoms with E-state index in [4.69, 9.17) is 4.98 Å². The molecule has 0 unspecified atom stereocenters. The van der Waals surface area contributed by atoms with Crippen LogP contribution in [-0.2, 0) is 0 Å². The molecule has 0 atom stereocenters. The van der Waals surface area contributed by atoms with Gasteiger partial charge in [-0.1, -0.05) is 109 Å². The van der Waals surface area contributed by atoms with Gasteiger partial charge in [-0.15, -0.1) is 0 Å². The van der Waals surface area contributed by atoms with Crippen molar-refractivity contribution in [2.45, 2.75) is 0 Å². The third-order valence-corrected chi connectivity index (χ3v) is 8.57. The summed E-state index contributed by atoms with van der Waals surface area (Å²) in [7, 11) is 0. The molecule has 0 aliphatic carbocycles. The number of para-hydroxylation sites is 2. The number of hydrogen-bond acceptors (Lipinski definition) is 1. The Kier molecular flexibility index (Phi) is 4.90. The number of pyridine rings is 1. The van der Waals surface area contributed by atoms with Crippen molar-refractivity contribution >= 4 is 54.3 Å². The summed E-state index contributed by atoms with van der Waals surface area (Å²) in [5.41, 5.74) is 7.00. The molecule has 3 heterocycles. The van der Waals surface area contributed by atoms with E-state index in [0.29, 0.717) is 0 Å². The number of fused-ring (bicyclic) bond motifs is 8. The van der Waals surface area contributed by atoms with Crippen molar-refractivity contribution in [3.05, 3.63) is 152 Å². The Morgan fingerprint density at radius 2 is 1.14 bits per heavy atom. The first-order valence-electron chi connectivity index (χ1n) is 14.3. The second-order valence-corrected chi connectivity index (χ2v) is 10.8. The maximum absolute atomic E-state index is 5.18. The summed E-state index contributed by atoms with van der Waals surface area (Å²) in [5, 5.41) is 8.52. The molecule has 9 rings (SSSR count). The van der Waals surface area contributed by atoms with Gasteiger partial charge >= 0.3 is 0 Å². The molecule has 0 aliphatic heterocycles. The van der Waals surface area contributed by atoms with Crippen molar-refractivity contribution in [2.75, 3.05) is 0 Å². The highest BCUT2D eigenvalue weighted by atomic mass is 15.1. The molecule has 3 nitrogen and oxygen atoms in total. The number of hydrogen-bond donors (Lipinski definition) is 0. The normalized spacial score (nSPS) is 11.8. The monoisotopic (exact) mass is 535 g/mol. The van der Waals surface area contributed by atoms with E-state index in [1.54, 1.807) is 0 Å². The van der Waals surface area contributed by atoms with Crippen LogP contribution in [0.25, 0.3) is 76.9 Å². The molecule has 0 bridgehead atoms. The van der Waals surface area contributed by atoms with Crippen LogP contribution in [0.1, 0.15) is 0 Å². The zero-order valence-corrected chi connectivity index (χ0v) is 22.8. The second-order valence-electron chi connectivity index (χ2n) is 10.8. The predicted octanol–water partition coefficient (Wildman–Crippen LogP) is 10.1. The summed E-state index contributed by atoms with van der Waals surface area (Å²) in [5.74, 6) is 0.946. The summed E-state index contributed by atoms with van der Waals surface area (Å²) >= 11 is 0. The number of benzene rings is 6. The van der Waals surface area contributed by atoms with Crippen molar-refractivity contribution in [1.82, 2.24) is 14.1 Å². The maximum Gasteiger partial charge on any atom is 0.145 e. The Bertz CT molecular complexity index is 2450. The van der Waals surface area contributed by atoms with Crippen LogP contribution < -0.4 is 0 Å². The first kappa shape index (κ1) is 23.1. The molecule has 0 radical (unpaired) electrons. The van der Waals surface area contributed by atoms with E-state index in [0.717, 1.165) is 33.5 Å². The fraction of sp³-hybridized carbons (Fsp3) is 0. The Balaban J connectivity index is 1.43. The molecule has 0 fully saturated rings. The Labute approximate surface area is 242 Å². The van der Waals surface area contributed by atoms with E-state index in [-0.39, 0.29) is 0 Å². The summed E-state index contributed by atoms with van der Waals surface area (Å²) in [4.78, 5) is 5.18. The lowest BCUT2D eigenvalue weighted by atomic mass is 10.0. The molecule has 9 aromatic rings. The summed E-state index contributed by atoms with van der Waals surface area (Å²) in [6.45, 7) is 0. The van der Waals surface area contributed by atoms with Crippen molar-refractivity contribution in [3.8, 4) is 22.6 Å². The number of rotatable bonds is 3. The molecule has 42 heavy (non-hydrogen) atoms. The van der Waals surface area contributed by atoms with E-state index < -0.39 is 0 Å². The van der Waals surface area contributed by atoms with Gasteiger partial charge in [0.2, 0.25) is 0 Å². The number of aromatic nitrogens is 3. The van der Waals surface area contributed by atoms with Crippen LogP contribution in [-0.4, -0.2) is 14.1 Å². The van der Waals surface area contributed by atoms with Crippen molar-refractivity contribution in [3.63, 3.8) is 0 Å². The van der Waals surface area contributed by atoms with Gasteiger partial charge in [-0.05, 0) is 46.7 Å². The average Bonchev–Trinajstić information content (AvgIpc) is 3.65. The van der Waals surface area contributed by atoms with Gasteiger partial charge in [-0.3, -0.25) is 4.57 Å². The highest BCUT2D eigenvalue weighted by molar-refractivity contribution is 6.28. The molecule has 0 amide bonds. The zero-order chi connectivity index (χ0) is 27.6. The molecular formula is C39H25N3. The summed E-state index contributed by atoms with van der Waals surface area (Å²) in [6.07, 6.45) is 4.22. The Morgan fingerprint density at radius 1 is 0.476 bits per heavy atom. The van der Waals surface area contributed by atoms with Gasteiger partial charge in [-0.2, -0.15) is 0 Å². The van der Waals surface area contributed by atoms with E-state index in [9.17, 15) is 0 Å². The lowest BCUT2D eigenvalue weighted by molar-refractivity contribution is 1.10. The van der Waals surface area contributed by atoms with E-state index in [1.807, 2.05) is 6.20 Å². The largest absolute Gasteiger partial charge is 0.316 e. The van der Waals surface area contributed by atoms with Gasteiger partial charge in [0.25, 0.3) is 0 Å². The minimum atomic E-state index is 0.946. The topological polar surface area (TPSA) is 22.8 Å². The lowest BCUT2D eigenvalue weighted by Crippen LogP contribution is -2.00. The zero-order valence-electron chi connectivity index (χ0n) is 22.8. The van der Waals surface area contributed by atoms with Gasteiger partial charge in [-0.25, -0.2) is 4.98 Å². The highest BCUT2D eigenvalue weighted by Gasteiger charge is 2.20. The minimum absolute atomic E-state index is 0.946. The first-order valence-corrected chi connectivity index (χ1v) is 14.3. The second kappa shape index (κ2) is 8.92. The van der Waals surface area contributed by atoms with E-state index >= 15 is 0 Å². The van der Waals surface area contributed by atoms with Gasteiger partial charge in [0.15, 0.2) is 0 Å². The van der Waals surface area contributed by atoms with Crippen molar-refractivity contribution < 1.29 is 0 Å². The van der Waals surface area contributed by atoms with Crippen molar-refractivity contribution in [1.29, 1.82) is 0 Å². The third kappa shape index (κ3) is 3.25.